The molecule has 0 atom stereocenters. The van der Waals surface area contributed by atoms with Crippen molar-refractivity contribution < 1.29 is 14.5 Å². The Balaban J connectivity index is 1.65. The quantitative estimate of drug-likeness (QED) is 0.471. The number of carbonyl (C=O) groups excluding carboxylic acids is 1. The second-order valence-corrected chi connectivity index (χ2v) is 6.03. The Morgan fingerprint density at radius 1 is 1.13 bits per heavy atom. The van der Waals surface area contributed by atoms with E-state index in [9.17, 15) is 14.9 Å². The standard InChI is InChI=1S/C17H14ClNO4/c18-14-5-3-13(4-6-14)17(9-10-17)16(20)23-11-12-1-7-15(8-2-12)19(21)22/h1-8H,9-11H2. The van der Waals surface area contributed by atoms with Gasteiger partial charge in [0.05, 0.1) is 10.3 Å². The molecule has 2 aromatic carbocycles. The molecule has 2 aromatic rings. The van der Waals surface area contributed by atoms with Gasteiger partial charge in [0.25, 0.3) is 5.69 Å². The number of ether oxygens (including phenoxy) is 1. The predicted octanol–water partition coefficient (Wildman–Crippen LogP) is 4.02. The maximum atomic E-state index is 12.4. The number of non-ortho nitro benzene ring substituents is 1. The van der Waals surface area contributed by atoms with Crippen molar-refractivity contribution in [2.24, 2.45) is 0 Å². The molecule has 0 unspecified atom stereocenters. The molecule has 0 heterocycles. The zero-order valence-corrected chi connectivity index (χ0v) is 13.0. The van der Waals surface area contributed by atoms with Gasteiger partial charge in [-0.15, -0.1) is 0 Å². The molecular formula is C17H14ClNO4. The predicted molar refractivity (Wildman–Crippen MR) is 85.3 cm³/mol. The summed E-state index contributed by atoms with van der Waals surface area (Å²) in [6, 6.07) is 13.2. The van der Waals surface area contributed by atoms with Gasteiger partial charge in [-0.2, -0.15) is 0 Å². The lowest BCUT2D eigenvalue weighted by Crippen LogP contribution is -2.23. The largest absolute Gasteiger partial charge is 0.460 e. The molecule has 3 rings (SSSR count). The SMILES string of the molecule is O=C(OCc1ccc([N+](=O)[O-])cc1)C1(c2ccc(Cl)cc2)CC1. The van der Waals surface area contributed by atoms with Crippen molar-refractivity contribution in [2.75, 3.05) is 0 Å². The molecule has 1 aliphatic carbocycles. The van der Waals surface area contributed by atoms with Gasteiger partial charge in [0.1, 0.15) is 6.61 Å². The van der Waals surface area contributed by atoms with E-state index in [2.05, 4.69) is 0 Å². The highest BCUT2D eigenvalue weighted by Crippen LogP contribution is 2.49. The van der Waals surface area contributed by atoms with E-state index in [4.69, 9.17) is 16.3 Å². The third kappa shape index (κ3) is 3.19. The Labute approximate surface area is 138 Å². The van der Waals surface area contributed by atoms with E-state index >= 15 is 0 Å². The number of nitrogens with zero attached hydrogens (tertiary/aromatic N) is 1. The van der Waals surface area contributed by atoms with E-state index < -0.39 is 10.3 Å². The van der Waals surface area contributed by atoms with Crippen molar-refractivity contribution >= 4 is 23.3 Å². The summed E-state index contributed by atoms with van der Waals surface area (Å²) in [5, 5.41) is 11.2. The molecule has 23 heavy (non-hydrogen) atoms. The Bertz CT molecular complexity index is 736. The molecule has 0 N–H and O–H groups in total. The Kier molecular flexibility index (Phi) is 4.05. The van der Waals surface area contributed by atoms with Gasteiger partial charge in [0.2, 0.25) is 0 Å². The number of rotatable bonds is 5. The first-order valence-corrected chi connectivity index (χ1v) is 7.56. The summed E-state index contributed by atoms with van der Waals surface area (Å²) >= 11 is 5.87. The van der Waals surface area contributed by atoms with Crippen molar-refractivity contribution in [2.45, 2.75) is 24.9 Å². The van der Waals surface area contributed by atoms with E-state index in [0.717, 1.165) is 24.0 Å². The zero-order valence-electron chi connectivity index (χ0n) is 12.2. The number of hydrogen-bond acceptors (Lipinski definition) is 4. The zero-order chi connectivity index (χ0) is 16.4. The van der Waals surface area contributed by atoms with Crippen molar-refractivity contribution in [1.82, 2.24) is 0 Å². The van der Waals surface area contributed by atoms with Crippen molar-refractivity contribution in [3.8, 4) is 0 Å². The third-order valence-electron chi connectivity index (χ3n) is 4.05. The Morgan fingerprint density at radius 3 is 2.26 bits per heavy atom. The van der Waals surface area contributed by atoms with E-state index in [1.807, 2.05) is 12.1 Å². The molecule has 0 aliphatic heterocycles. The maximum Gasteiger partial charge on any atom is 0.316 e. The fraction of sp³-hybridized carbons (Fsp3) is 0.235. The van der Waals surface area contributed by atoms with Crippen LogP contribution in [0.25, 0.3) is 0 Å². The topological polar surface area (TPSA) is 69.4 Å². The van der Waals surface area contributed by atoms with E-state index in [-0.39, 0.29) is 18.3 Å². The summed E-state index contributed by atoms with van der Waals surface area (Å²) in [7, 11) is 0. The minimum Gasteiger partial charge on any atom is -0.460 e. The minimum atomic E-state index is -0.564. The third-order valence-corrected chi connectivity index (χ3v) is 4.31. The summed E-state index contributed by atoms with van der Waals surface area (Å²) in [6.45, 7) is 0.103. The molecule has 0 amide bonds. The van der Waals surface area contributed by atoms with Crippen LogP contribution >= 0.6 is 11.6 Å². The first-order valence-electron chi connectivity index (χ1n) is 7.18. The molecule has 0 saturated heterocycles. The average Bonchev–Trinajstić information content (AvgIpc) is 3.35. The normalized spacial score (nSPS) is 15.0. The second kappa shape index (κ2) is 6.01. The summed E-state index contributed by atoms with van der Waals surface area (Å²) < 4.78 is 5.40. The van der Waals surface area contributed by atoms with Crippen LogP contribution in [0.2, 0.25) is 5.02 Å². The summed E-state index contributed by atoms with van der Waals surface area (Å²) in [4.78, 5) is 22.5. The number of esters is 1. The van der Waals surface area contributed by atoms with Gasteiger partial charge in [-0.25, -0.2) is 0 Å². The number of nitro benzene ring substituents is 1. The summed E-state index contributed by atoms with van der Waals surface area (Å²) in [5.41, 5.74) is 1.08. The fourth-order valence-electron chi connectivity index (χ4n) is 2.51. The van der Waals surface area contributed by atoms with Crippen LogP contribution in [0, 0.1) is 10.1 Å². The highest BCUT2D eigenvalue weighted by molar-refractivity contribution is 6.30. The van der Waals surface area contributed by atoms with Crippen LogP contribution in [-0.4, -0.2) is 10.9 Å². The number of carbonyl (C=O) groups is 1. The van der Waals surface area contributed by atoms with E-state index in [1.54, 1.807) is 24.3 Å². The molecule has 0 bridgehead atoms. The van der Waals surface area contributed by atoms with E-state index in [1.165, 1.54) is 12.1 Å². The number of nitro groups is 1. The molecule has 0 spiro atoms. The van der Waals surface area contributed by atoms with Crippen molar-refractivity contribution in [3.05, 3.63) is 74.8 Å². The molecule has 5 nitrogen and oxygen atoms in total. The van der Waals surface area contributed by atoms with Crippen LogP contribution in [-0.2, 0) is 21.6 Å². The molecule has 0 radical (unpaired) electrons. The number of hydrogen-bond donors (Lipinski definition) is 0. The first-order chi connectivity index (χ1) is 11.0. The minimum absolute atomic E-state index is 0.0138. The highest BCUT2D eigenvalue weighted by Gasteiger charge is 2.52. The second-order valence-electron chi connectivity index (χ2n) is 5.59. The highest BCUT2D eigenvalue weighted by atomic mass is 35.5. The lowest BCUT2D eigenvalue weighted by Gasteiger charge is -2.15. The van der Waals surface area contributed by atoms with Crippen LogP contribution < -0.4 is 0 Å². The van der Waals surface area contributed by atoms with Gasteiger partial charge in [-0.3, -0.25) is 14.9 Å². The lowest BCUT2D eigenvalue weighted by molar-refractivity contribution is -0.384. The Hall–Kier alpha value is -2.40. The molecule has 1 aliphatic rings. The Morgan fingerprint density at radius 2 is 1.74 bits per heavy atom. The molecule has 1 saturated carbocycles. The van der Waals surface area contributed by atoms with Crippen LogP contribution in [0.5, 0.6) is 0 Å². The van der Waals surface area contributed by atoms with Gasteiger partial charge < -0.3 is 4.74 Å². The number of halogens is 1. The summed E-state index contributed by atoms with van der Waals surface area (Å²) in [5.74, 6) is -0.266. The van der Waals surface area contributed by atoms with Gasteiger partial charge in [0.15, 0.2) is 0 Å². The van der Waals surface area contributed by atoms with Gasteiger partial charge in [0, 0.05) is 17.2 Å². The molecule has 6 heteroatoms. The smallest absolute Gasteiger partial charge is 0.316 e. The van der Waals surface area contributed by atoms with Gasteiger partial charge in [-0.1, -0.05) is 23.7 Å². The van der Waals surface area contributed by atoms with Crippen LogP contribution in [0.3, 0.4) is 0 Å². The van der Waals surface area contributed by atoms with Crippen LogP contribution in [0.4, 0.5) is 5.69 Å². The maximum absolute atomic E-state index is 12.4. The van der Waals surface area contributed by atoms with Crippen LogP contribution in [0.15, 0.2) is 48.5 Å². The summed E-state index contributed by atoms with van der Waals surface area (Å²) in [6.07, 6.45) is 1.52. The molecular weight excluding hydrogens is 318 g/mol. The average molecular weight is 332 g/mol. The van der Waals surface area contributed by atoms with Gasteiger partial charge in [-0.05, 0) is 48.2 Å². The van der Waals surface area contributed by atoms with Crippen molar-refractivity contribution in [1.29, 1.82) is 0 Å². The fourth-order valence-corrected chi connectivity index (χ4v) is 2.63. The monoisotopic (exact) mass is 331 g/mol. The van der Waals surface area contributed by atoms with Gasteiger partial charge >= 0.3 is 5.97 Å². The number of benzene rings is 2. The van der Waals surface area contributed by atoms with Crippen molar-refractivity contribution in [3.63, 3.8) is 0 Å². The molecule has 1 fully saturated rings. The first kappa shape index (κ1) is 15.5. The van der Waals surface area contributed by atoms with Crippen LogP contribution in [0.1, 0.15) is 24.0 Å². The lowest BCUT2D eigenvalue weighted by atomic mass is 9.96. The van der Waals surface area contributed by atoms with E-state index in [0.29, 0.717) is 5.02 Å². The molecule has 0 aromatic heterocycles. The molecule has 118 valence electrons.